The van der Waals surface area contributed by atoms with Gasteiger partial charge in [-0.15, -0.1) is 0 Å². The Morgan fingerprint density at radius 1 is 1.88 bits per heavy atom. The second kappa shape index (κ2) is 1.86. The van der Waals surface area contributed by atoms with Crippen molar-refractivity contribution < 1.29 is 9.53 Å². The second-order valence-electron chi connectivity index (χ2n) is 1.48. The van der Waals surface area contributed by atoms with Crippen LogP contribution in [0.2, 0.25) is 0 Å². The lowest BCUT2D eigenvalue weighted by atomic mass is 10.5. The van der Waals surface area contributed by atoms with E-state index in [4.69, 9.17) is 0 Å². The summed E-state index contributed by atoms with van der Waals surface area (Å²) in [5.41, 5.74) is 0. The van der Waals surface area contributed by atoms with Crippen molar-refractivity contribution in [2.24, 2.45) is 0 Å². The van der Waals surface area contributed by atoms with Gasteiger partial charge in [0.05, 0.1) is 7.11 Å². The van der Waals surface area contributed by atoms with E-state index in [9.17, 15) is 4.79 Å². The summed E-state index contributed by atoms with van der Waals surface area (Å²) in [6, 6.07) is 0. The Bertz CT molecular complexity index is 139. The molecule has 0 fully saturated rings. The first-order valence-corrected chi connectivity index (χ1v) is 2.37. The second-order valence-corrected chi connectivity index (χ2v) is 1.48. The molecule has 0 aromatic rings. The molecule has 0 aromatic heterocycles. The first-order valence-electron chi connectivity index (χ1n) is 2.37. The molecule has 0 aromatic carbocycles. The molecule has 0 bridgehead atoms. The summed E-state index contributed by atoms with van der Waals surface area (Å²) in [7, 11) is 1.48. The smallest absolute Gasteiger partial charge is 0.286 e. The number of amides is 1. The predicted molar refractivity (Wildman–Crippen MR) is 28.1 cm³/mol. The molecule has 8 heavy (non-hydrogen) atoms. The van der Waals surface area contributed by atoms with Crippen LogP contribution in [0.15, 0.2) is 11.8 Å². The van der Waals surface area contributed by atoms with Crippen LogP contribution in [0.25, 0.3) is 0 Å². The van der Waals surface area contributed by atoms with Crippen molar-refractivity contribution in [3.63, 3.8) is 0 Å². The average Bonchev–Trinajstić information content (AvgIpc) is 2.14. The third kappa shape index (κ3) is 0.665. The van der Waals surface area contributed by atoms with Crippen LogP contribution in [0.4, 0.5) is 0 Å². The molecule has 1 amide bonds. The van der Waals surface area contributed by atoms with Crippen molar-refractivity contribution in [2.45, 2.75) is 0 Å². The van der Waals surface area contributed by atoms with E-state index >= 15 is 0 Å². The van der Waals surface area contributed by atoms with Gasteiger partial charge < -0.3 is 10.1 Å². The fraction of sp³-hybridized carbons (Fsp3) is 0.400. The molecular weight excluding hydrogens is 106 g/mol. The van der Waals surface area contributed by atoms with Crippen LogP contribution >= 0.6 is 0 Å². The zero-order valence-electron chi connectivity index (χ0n) is 4.60. The minimum Gasteiger partial charge on any atom is -0.491 e. The number of rotatable bonds is 1. The van der Waals surface area contributed by atoms with Gasteiger partial charge in [0.15, 0.2) is 5.76 Å². The zero-order chi connectivity index (χ0) is 5.98. The van der Waals surface area contributed by atoms with Crippen molar-refractivity contribution in [1.29, 1.82) is 0 Å². The molecule has 1 rings (SSSR count). The maximum absolute atomic E-state index is 10.5. The highest BCUT2D eigenvalue weighted by atomic mass is 16.5. The molecule has 0 saturated carbocycles. The number of hydrogen-bond donors (Lipinski definition) is 1. The molecule has 1 N–H and O–H groups in total. The molecule has 0 radical (unpaired) electrons. The molecule has 0 unspecified atom stereocenters. The Morgan fingerprint density at radius 2 is 2.62 bits per heavy atom. The summed E-state index contributed by atoms with van der Waals surface area (Å²) in [5, 5.41) is 2.56. The van der Waals surface area contributed by atoms with Crippen LogP contribution in [-0.2, 0) is 9.53 Å². The van der Waals surface area contributed by atoms with E-state index < -0.39 is 0 Å². The summed E-state index contributed by atoms with van der Waals surface area (Å²) in [6.45, 7) is 0.599. The van der Waals surface area contributed by atoms with E-state index in [2.05, 4.69) is 10.1 Å². The van der Waals surface area contributed by atoms with Crippen molar-refractivity contribution in [3.05, 3.63) is 11.8 Å². The van der Waals surface area contributed by atoms with Crippen LogP contribution < -0.4 is 5.32 Å². The van der Waals surface area contributed by atoms with Gasteiger partial charge in [-0.05, 0) is 6.08 Å². The lowest BCUT2D eigenvalue weighted by Crippen LogP contribution is -2.17. The van der Waals surface area contributed by atoms with E-state index in [0.717, 1.165) is 0 Å². The van der Waals surface area contributed by atoms with Crippen LogP contribution in [-0.4, -0.2) is 19.6 Å². The van der Waals surface area contributed by atoms with Crippen LogP contribution in [0, 0.1) is 0 Å². The standard InChI is InChI=1S/C5H7NO2/c1-8-4-2-3-6-5(4)7/h2H,3H2,1H3,(H,6,7). The maximum atomic E-state index is 10.5. The van der Waals surface area contributed by atoms with E-state index in [0.29, 0.717) is 12.3 Å². The molecular formula is C5H7NO2. The summed E-state index contributed by atoms with van der Waals surface area (Å²) in [4.78, 5) is 10.5. The van der Waals surface area contributed by atoms with Gasteiger partial charge in [-0.2, -0.15) is 0 Å². The molecule has 3 nitrogen and oxygen atoms in total. The largest absolute Gasteiger partial charge is 0.491 e. The van der Waals surface area contributed by atoms with Gasteiger partial charge in [-0.1, -0.05) is 0 Å². The topological polar surface area (TPSA) is 38.3 Å². The van der Waals surface area contributed by atoms with Gasteiger partial charge in [0.1, 0.15) is 0 Å². The van der Waals surface area contributed by atoms with Gasteiger partial charge in [-0.25, -0.2) is 0 Å². The Morgan fingerprint density at radius 3 is 2.88 bits per heavy atom. The lowest BCUT2D eigenvalue weighted by Gasteiger charge is -1.93. The summed E-state index contributed by atoms with van der Waals surface area (Å²) in [6.07, 6.45) is 1.71. The van der Waals surface area contributed by atoms with Gasteiger partial charge in [0.2, 0.25) is 0 Å². The number of ether oxygens (including phenoxy) is 1. The molecule has 1 aliphatic rings. The number of carbonyl (C=O) groups is 1. The Balaban J connectivity index is 2.62. The predicted octanol–water partition coefficient (Wildman–Crippen LogP) is -0.354. The van der Waals surface area contributed by atoms with Crippen LogP contribution in [0.1, 0.15) is 0 Å². The van der Waals surface area contributed by atoms with Gasteiger partial charge in [0, 0.05) is 6.54 Å². The monoisotopic (exact) mass is 113 g/mol. The number of carbonyl (C=O) groups excluding carboxylic acids is 1. The highest BCUT2D eigenvalue weighted by Crippen LogP contribution is 1.98. The number of methoxy groups -OCH3 is 1. The average molecular weight is 113 g/mol. The molecule has 1 heterocycles. The lowest BCUT2D eigenvalue weighted by molar-refractivity contribution is -0.119. The Labute approximate surface area is 47.3 Å². The van der Waals surface area contributed by atoms with Crippen molar-refractivity contribution in [2.75, 3.05) is 13.7 Å². The normalized spacial score (nSPS) is 17.6. The molecule has 1 aliphatic heterocycles. The fourth-order valence-corrected chi connectivity index (χ4v) is 0.592. The molecule has 44 valence electrons. The van der Waals surface area contributed by atoms with E-state index in [1.807, 2.05) is 0 Å². The van der Waals surface area contributed by atoms with E-state index in [-0.39, 0.29) is 5.91 Å². The Kier molecular flexibility index (Phi) is 1.20. The number of nitrogens with one attached hydrogen (secondary N) is 1. The minimum absolute atomic E-state index is 0.118. The molecule has 0 saturated heterocycles. The molecule has 0 spiro atoms. The van der Waals surface area contributed by atoms with Gasteiger partial charge in [0.25, 0.3) is 5.91 Å². The zero-order valence-corrected chi connectivity index (χ0v) is 4.60. The van der Waals surface area contributed by atoms with E-state index in [1.54, 1.807) is 6.08 Å². The van der Waals surface area contributed by atoms with Gasteiger partial charge >= 0.3 is 0 Å². The first kappa shape index (κ1) is 5.15. The highest BCUT2D eigenvalue weighted by Gasteiger charge is 2.12. The highest BCUT2D eigenvalue weighted by molar-refractivity contribution is 5.93. The van der Waals surface area contributed by atoms with Crippen molar-refractivity contribution >= 4 is 5.91 Å². The Hall–Kier alpha value is -0.990. The van der Waals surface area contributed by atoms with Crippen molar-refractivity contribution in [1.82, 2.24) is 5.32 Å². The minimum atomic E-state index is -0.118. The third-order valence-electron chi connectivity index (χ3n) is 0.994. The van der Waals surface area contributed by atoms with Crippen molar-refractivity contribution in [3.8, 4) is 0 Å². The summed E-state index contributed by atoms with van der Waals surface area (Å²) in [5.74, 6) is 0.303. The SMILES string of the molecule is COC1=CCNC1=O. The fourth-order valence-electron chi connectivity index (χ4n) is 0.592. The molecule has 3 heteroatoms. The summed E-state index contributed by atoms with van der Waals surface area (Å²) < 4.78 is 4.67. The maximum Gasteiger partial charge on any atom is 0.286 e. The van der Waals surface area contributed by atoms with E-state index in [1.165, 1.54) is 7.11 Å². The summed E-state index contributed by atoms with van der Waals surface area (Å²) >= 11 is 0. The van der Waals surface area contributed by atoms with Crippen LogP contribution in [0.5, 0.6) is 0 Å². The van der Waals surface area contributed by atoms with Crippen LogP contribution in [0.3, 0.4) is 0 Å². The first-order chi connectivity index (χ1) is 3.84. The molecule has 0 atom stereocenters. The quantitative estimate of drug-likeness (QED) is 0.504. The van der Waals surface area contributed by atoms with Gasteiger partial charge in [-0.3, -0.25) is 4.79 Å². The third-order valence-corrected chi connectivity index (χ3v) is 0.994. The number of hydrogen-bond acceptors (Lipinski definition) is 2. The molecule has 0 aliphatic carbocycles.